The molecule has 18 heavy (non-hydrogen) atoms. The molecule has 96 valence electrons. The molecule has 0 atom stereocenters. The van der Waals surface area contributed by atoms with Crippen LogP contribution in [0.2, 0.25) is 0 Å². The van der Waals surface area contributed by atoms with Gasteiger partial charge in [0.2, 0.25) is 0 Å². The zero-order chi connectivity index (χ0) is 11.8. The summed E-state index contributed by atoms with van der Waals surface area (Å²) in [4.78, 5) is 0. The molecular weight excluding hydrogens is 242 g/mol. The van der Waals surface area contributed by atoms with Gasteiger partial charge in [-0.3, -0.25) is 0 Å². The molecule has 0 amide bonds. The molecule has 2 heteroatoms. The van der Waals surface area contributed by atoms with Gasteiger partial charge in [-0.15, -0.1) is 12.4 Å². The Morgan fingerprint density at radius 3 is 1.39 bits per heavy atom. The van der Waals surface area contributed by atoms with E-state index in [4.69, 9.17) is 0 Å². The number of halogens is 1. The number of hydrogen-bond acceptors (Lipinski definition) is 1. The third kappa shape index (κ3) is 5.35. The highest BCUT2D eigenvalue weighted by Crippen LogP contribution is 1.99. The average molecular weight is 262 g/mol. The molecule has 0 aliphatic rings. The van der Waals surface area contributed by atoms with Crippen molar-refractivity contribution >= 4 is 12.4 Å². The summed E-state index contributed by atoms with van der Waals surface area (Å²) < 4.78 is 0. The fourth-order valence-electron chi connectivity index (χ4n) is 1.88. The molecule has 1 nitrogen and oxygen atoms in total. The van der Waals surface area contributed by atoms with Gasteiger partial charge in [-0.2, -0.15) is 0 Å². The zero-order valence-corrected chi connectivity index (χ0v) is 11.3. The molecule has 0 spiro atoms. The van der Waals surface area contributed by atoms with Crippen LogP contribution >= 0.6 is 12.4 Å². The van der Waals surface area contributed by atoms with E-state index < -0.39 is 0 Å². The van der Waals surface area contributed by atoms with Crippen LogP contribution in [0.4, 0.5) is 0 Å². The first-order chi connectivity index (χ1) is 8.45. The predicted octanol–water partition coefficient (Wildman–Crippen LogP) is 3.48. The number of benzene rings is 2. The summed E-state index contributed by atoms with van der Waals surface area (Å²) in [5.41, 5.74) is 2.81. The maximum absolute atomic E-state index is 3.48. The Morgan fingerprint density at radius 1 is 0.611 bits per heavy atom. The lowest BCUT2D eigenvalue weighted by Gasteiger charge is -2.05. The van der Waals surface area contributed by atoms with Crippen LogP contribution in [0.5, 0.6) is 0 Å². The molecule has 0 aromatic heterocycles. The standard InChI is InChI=1S/C16H19N.ClH/c1-3-7-15(8-4-1)11-13-17-14-12-16-9-5-2-6-10-16;/h1-10,17H,11-14H2;1H. The van der Waals surface area contributed by atoms with E-state index in [-0.39, 0.29) is 12.4 Å². The maximum atomic E-state index is 3.48. The van der Waals surface area contributed by atoms with Crippen molar-refractivity contribution in [3.63, 3.8) is 0 Å². The monoisotopic (exact) mass is 261 g/mol. The van der Waals surface area contributed by atoms with Gasteiger partial charge in [0.1, 0.15) is 0 Å². The van der Waals surface area contributed by atoms with E-state index in [1.165, 1.54) is 11.1 Å². The summed E-state index contributed by atoms with van der Waals surface area (Å²) in [5, 5.41) is 3.48. The minimum absolute atomic E-state index is 0. The quantitative estimate of drug-likeness (QED) is 0.785. The van der Waals surface area contributed by atoms with Crippen LogP contribution in [0.3, 0.4) is 0 Å². The van der Waals surface area contributed by atoms with E-state index in [1.807, 2.05) is 0 Å². The van der Waals surface area contributed by atoms with Gasteiger partial charge in [-0.1, -0.05) is 60.7 Å². The van der Waals surface area contributed by atoms with Crippen LogP contribution in [0, 0.1) is 0 Å². The molecule has 2 aromatic carbocycles. The van der Waals surface area contributed by atoms with Crippen molar-refractivity contribution in [3.05, 3.63) is 71.8 Å². The van der Waals surface area contributed by atoms with Crippen molar-refractivity contribution < 1.29 is 0 Å². The van der Waals surface area contributed by atoms with Crippen LogP contribution in [0.1, 0.15) is 11.1 Å². The summed E-state index contributed by atoms with van der Waals surface area (Å²) in [6.07, 6.45) is 2.21. The number of rotatable bonds is 6. The molecule has 0 aliphatic carbocycles. The minimum atomic E-state index is 0. The third-order valence-electron chi connectivity index (χ3n) is 2.87. The van der Waals surface area contributed by atoms with Crippen molar-refractivity contribution in [2.45, 2.75) is 12.8 Å². The summed E-state index contributed by atoms with van der Waals surface area (Å²) in [5.74, 6) is 0. The molecule has 0 radical (unpaired) electrons. The van der Waals surface area contributed by atoms with Crippen molar-refractivity contribution in [3.8, 4) is 0 Å². The molecule has 0 bridgehead atoms. The van der Waals surface area contributed by atoms with Crippen LogP contribution in [-0.2, 0) is 12.8 Å². The lowest BCUT2D eigenvalue weighted by molar-refractivity contribution is 0.682. The predicted molar refractivity (Wildman–Crippen MR) is 80.4 cm³/mol. The van der Waals surface area contributed by atoms with Crippen LogP contribution < -0.4 is 5.32 Å². The van der Waals surface area contributed by atoms with Crippen molar-refractivity contribution in [2.75, 3.05) is 13.1 Å². The van der Waals surface area contributed by atoms with Crippen LogP contribution in [0.15, 0.2) is 60.7 Å². The summed E-state index contributed by atoms with van der Waals surface area (Å²) >= 11 is 0. The molecule has 0 heterocycles. The van der Waals surface area contributed by atoms with Gasteiger partial charge < -0.3 is 5.32 Å². The van der Waals surface area contributed by atoms with Gasteiger partial charge in [-0.05, 0) is 37.1 Å². The van der Waals surface area contributed by atoms with E-state index in [2.05, 4.69) is 66.0 Å². The van der Waals surface area contributed by atoms with E-state index in [9.17, 15) is 0 Å². The van der Waals surface area contributed by atoms with E-state index in [1.54, 1.807) is 0 Å². The van der Waals surface area contributed by atoms with Gasteiger partial charge in [0.25, 0.3) is 0 Å². The number of hydrogen-bond donors (Lipinski definition) is 1. The highest BCUT2D eigenvalue weighted by molar-refractivity contribution is 5.85. The first-order valence-corrected chi connectivity index (χ1v) is 6.24. The summed E-state index contributed by atoms with van der Waals surface area (Å²) in [6.45, 7) is 2.10. The van der Waals surface area contributed by atoms with Gasteiger partial charge in [0.15, 0.2) is 0 Å². The molecule has 2 rings (SSSR count). The molecule has 0 aliphatic heterocycles. The zero-order valence-electron chi connectivity index (χ0n) is 10.5. The second-order valence-corrected chi connectivity index (χ2v) is 4.22. The van der Waals surface area contributed by atoms with Gasteiger partial charge in [-0.25, -0.2) is 0 Å². The second-order valence-electron chi connectivity index (χ2n) is 4.22. The van der Waals surface area contributed by atoms with Gasteiger partial charge >= 0.3 is 0 Å². The molecule has 2 aromatic rings. The minimum Gasteiger partial charge on any atom is -0.316 e. The second kappa shape index (κ2) is 8.73. The maximum Gasteiger partial charge on any atom is -0.000822 e. The Kier molecular flexibility index (Phi) is 7.16. The molecule has 0 saturated carbocycles. The largest absolute Gasteiger partial charge is 0.316 e. The lowest BCUT2D eigenvalue weighted by Crippen LogP contribution is -2.20. The lowest BCUT2D eigenvalue weighted by atomic mass is 10.1. The Labute approximate surface area is 116 Å². The molecule has 1 N–H and O–H groups in total. The molecule has 0 unspecified atom stereocenters. The normalized spacial score (nSPS) is 9.78. The van der Waals surface area contributed by atoms with Gasteiger partial charge in [0.05, 0.1) is 0 Å². The number of nitrogens with one attached hydrogen (secondary N) is 1. The Bertz CT molecular complexity index is 372. The fraction of sp³-hybridized carbons (Fsp3) is 0.250. The van der Waals surface area contributed by atoms with Crippen molar-refractivity contribution in [1.82, 2.24) is 5.32 Å². The van der Waals surface area contributed by atoms with E-state index >= 15 is 0 Å². The van der Waals surface area contributed by atoms with Crippen LogP contribution in [-0.4, -0.2) is 13.1 Å². The fourth-order valence-corrected chi connectivity index (χ4v) is 1.88. The molecule has 0 saturated heterocycles. The van der Waals surface area contributed by atoms with Crippen molar-refractivity contribution in [2.24, 2.45) is 0 Å². The van der Waals surface area contributed by atoms with E-state index in [0.29, 0.717) is 0 Å². The molecular formula is C16H20ClN. The smallest absolute Gasteiger partial charge is 0.000822 e. The SMILES string of the molecule is Cl.c1ccc(CCNCCc2ccccc2)cc1. The highest BCUT2D eigenvalue weighted by Gasteiger charge is 1.93. The first kappa shape index (κ1) is 14.7. The summed E-state index contributed by atoms with van der Waals surface area (Å²) in [6, 6.07) is 21.2. The highest BCUT2D eigenvalue weighted by atomic mass is 35.5. The van der Waals surface area contributed by atoms with Crippen LogP contribution in [0.25, 0.3) is 0 Å². The third-order valence-corrected chi connectivity index (χ3v) is 2.87. The Balaban J connectivity index is 0.00000162. The topological polar surface area (TPSA) is 12.0 Å². The Hall–Kier alpha value is -1.31. The average Bonchev–Trinajstić information content (AvgIpc) is 2.41. The van der Waals surface area contributed by atoms with E-state index in [0.717, 1.165) is 25.9 Å². The van der Waals surface area contributed by atoms with Gasteiger partial charge in [0, 0.05) is 0 Å². The Morgan fingerprint density at radius 2 is 1.00 bits per heavy atom. The first-order valence-electron chi connectivity index (χ1n) is 6.24. The van der Waals surface area contributed by atoms with Crippen molar-refractivity contribution in [1.29, 1.82) is 0 Å². The molecule has 0 fully saturated rings. The summed E-state index contributed by atoms with van der Waals surface area (Å²) in [7, 11) is 0.